The Morgan fingerprint density at radius 1 is 1.32 bits per heavy atom. The molecule has 8 nitrogen and oxygen atoms in total. The molecule has 37 heavy (non-hydrogen) atoms. The Labute approximate surface area is 215 Å². The maximum absolute atomic E-state index is 14.0. The van der Waals surface area contributed by atoms with Gasteiger partial charge in [-0.3, -0.25) is 4.79 Å². The van der Waals surface area contributed by atoms with Gasteiger partial charge in [0.15, 0.2) is 0 Å². The van der Waals surface area contributed by atoms with Gasteiger partial charge in [-0.05, 0) is 25.1 Å². The van der Waals surface area contributed by atoms with E-state index in [0.29, 0.717) is 5.56 Å². The SMILES string of the molecule is CC(C)C#Cc1cnc2c(c1)C(=O)N([C@H](C)CO)C[C@H](C)[C@H](CN(C)C(=O)Nc1cc(F)ccc1F)O2. The fraction of sp³-hybridized carbons (Fsp3) is 0.444. The number of urea groups is 1. The van der Waals surface area contributed by atoms with Crippen LogP contribution >= 0.6 is 0 Å². The number of likely N-dealkylation sites (N-methyl/N-ethyl adjacent to an activating group) is 1. The molecule has 0 saturated heterocycles. The number of aliphatic hydroxyl groups excluding tert-OH is 1. The summed E-state index contributed by atoms with van der Waals surface area (Å²) < 4.78 is 33.7. The fourth-order valence-electron chi connectivity index (χ4n) is 3.77. The minimum Gasteiger partial charge on any atom is -0.472 e. The number of carbonyl (C=O) groups is 2. The molecule has 2 N–H and O–H groups in total. The number of anilines is 1. The first kappa shape index (κ1) is 27.9. The topological polar surface area (TPSA) is 95.0 Å². The standard InChI is InChI=1S/C27H32F2N4O4/c1-16(2)6-7-19-10-21-25(30-12-19)37-24(17(3)13-33(26(21)35)18(4)15-34)14-32(5)27(36)31-23-11-20(28)8-9-22(23)29/h8-12,16-18,24,34H,13-15H2,1-5H3,(H,31,36)/t17-,18+,24-/m0/s1. The molecule has 1 aliphatic rings. The number of hydrogen-bond donors (Lipinski definition) is 2. The van der Waals surface area contributed by atoms with Crippen LogP contribution in [0.3, 0.4) is 0 Å². The lowest BCUT2D eigenvalue weighted by Gasteiger charge is -2.37. The molecule has 0 saturated carbocycles. The molecule has 0 spiro atoms. The fourth-order valence-corrected chi connectivity index (χ4v) is 3.77. The summed E-state index contributed by atoms with van der Waals surface area (Å²) in [6.45, 7) is 7.59. The number of hydrogen-bond acceptors (Lipinski definition) is 5. The van der Waals surface area contributed by atoms with Crippen LogP contribution in [0.1, 0.15) is 43.6 Å². The summed E-state index contributed by atoms with van der Waals surface area (Å²) in [7, 11) is 1.50. The van der Waals surface area contributed by atoms with Gasteiger partial charge in [-0.1, -0.05) is 32.6 Å². The first-order valence-corrected chi connectivity index (χ1v) is 12.1. The molecule has 0 aliphatic carbocycles. The van der Waals surface area contributed by atoms with Gasteiger partial charge in [-0.25, -0.2) is 18.6 Å². The zero-order chi connectivity index (χ0) is 27.3. The van der Waals surface area contributed by atoms with E-state index in [1.165, 1.54) is 18.1 Å². The average molecular weight is 515 g/mol. The molecule has 3 rings (SSSR count). The summed E-state index contributed by atoms with van der Waals surface area (Å²) in [5.41, 5.74) is 0.487. The molecule has 2 aromatic rings. The predicted octanol–water partition coefficient (Wildman–Crippen LogP) is 3.75. The van der Waals surface area contributed by atoms with E-state index >= 15 is 0 Å². The van der Waals surface area contributed by atoms with Crippen molar-refractivity contribution in [2.45, 2.75) is 39.8 Å². The zero-order valence-electron chi connectivity index (χ0n) is 21.6. The number of ether oxygens (including phenoxy) is 1. The summed E-state index contributed by atoms with van der Waals surface area (Å²) >= 11 is 0. The minimum absolute atomic E-state index is 0.0650. The van der Waals surface area contributed by atoms with E-state index in [4.69, 9.17) is 4.74 Å². The van der Waals surface area contributed by atoms with Gasteiger partial charge >= 0.3 is 6.03 Å². The van der Waals surface area contributed by atoms with E-state index in [1.54, 1.807) is 17.9 Å². The molecular formula is C27H32F2N4O4. The second-order valence-corrected chi connectivity index (χ2v) is 9.56. The predicted molar refractivity (Wildman–Crippen MR) is 135 cm³/mol. The van der Waals surface area contributed by atoms with Gasteiger partial charge in [0.25, 0.3) is 5.91 Å². The number of halogens is 2. The molecule has 1 aliphatic heterocycles. The Bertz CT molecular complexity index is 1210. The third-order valence-corrected chi connectivity index (χ3v) is 6.00. The number of carbonyl (C=O) groups excluding carboxylic acids is 2. The third kappa shape index (κ3) is 6.95. The van der Waals surface area contributed by atoms with Crippen LogP contribution in [0.2, 0.25) is 0 Å². The van der Waals surface area contributed by atoms with Crippen LogP contribution in [-0.2, 0) is 0 Å². The number of nitrogens with one attached hydrogen (secondary N) is 1. The Morgan fingerprint density at radius 3 is 2.73 bits per heavy atom. The van der Waals surface area contributed by atoms with E-state index in [9.17, 15) is 23.5 Å². The molecule has 0 bridgehead atoms. The summed E-state index contributed by atoms with van der Waals surface area (Å²) in [5, 5.41) is 12.1. The molecule has 0 radical (unpaired) electrons. The van der Waals surface area contributed by atoms with Gasteiger partial charge in [0, 0.05) is 43.3 Å². The number of fused-ring (bicyclic) bond motifs is 1. The van der Waals surface area contributed by atoms with Crippen molar-refractivity contribution in [3.63, 3.8) is 0 Å². The lowest BCUT2D eigenvalue weighted by atomic mass is 10.00. The smallest absolute Gasteiger partial charge is 0.321 e. The highest BCUT2D eigenvalue weighted by Gasteiger charge is 2.34. The molecule has 0 unspecified atom stereocenters. The minimum atomic E-state index is -0.764. The van der Waals surface area contributed by atoms with Crippen molar-refractivity contribution in [3.8, 4) is 17.7 Å². The first-order valence-electron chi connectivity index (χ1n) is 12.1. The molecule has 10 heteroatoms. The van der Waals surface area contributed by atoms with Crippen LogP contribution in [-0.4, -0.2) is 70.7 Å². The molecule has 3 atom stereocenters. The average Bonchev–Trinajstić information content (AvgIpc) is 2.86. The number of amides is 3. The first-order chi connectivity index (χ1) is 17.5. The van der Waals surface area contributed by atoms with E-state index in [1.807, 2.05) is 20.8 Å². The summed E-state index contributed by atoms with van der Waals surface area (Å²) in [5.74, 6) is 4.22. The van der Waals surface area contributed by atoms with Crippen molar-refractivity contribution in [2.75, 3.05) is 32.1 Å². The lowest BCUT2D eigenvalue weighted by molar-refractivity contribution is 0.0356. The molecule has 1 aromatic heterocycles. The number of benzene rings is 1. The summed E-state index contributed by atoms with van der Waals surface area (Å²) in [6.07, 6.45) is 0.918. The van der Waals surface area contributed by atoms with Gasteiger partial charge in [0.1, 0.15) is 23.3 Å². The van der Waals surface area contributed by atoms with Crippen LogP contribution in [0.25, 0.3) is 0 Å². The van der Waals surface area contributed by atoms with E-state index in [-0.39, 0.29) is 54.6 Å². The van der Waals surface area contributed by atoms with Gasteiger partial charge in [-0.15, -0.1) is 0 Å². The van der Waals surface area contributed by atoms with Crippen molar-refractivity contribution >= 4 is 17.6 Å². The molecule has 3 amide bonds. The summed E-state index contributed by atoms with van der Waals surface area (Å²) in [6, 6.07) is 3.28. The van der Waals surface area contributed by atoms with Crippen molar-refractivity contribution < 1.29 is 28.2 Å². The number of aliphatic hydroxyl groups is 1. The van der Waals surface area contributed by atoms with Crippen LogP contribution < -0.4 is 10.1 Å². The maximum Gasteiger partial charge on any atom is 0.321 e. The van der Waals surface area contributed by atoms with Crippen molar-refractivity contribution in [1.82, 2.24) is 14.8 Å². The number of nitrogens with zero attached hydrogens (tertiary/aromatic N) is 3. The summed E-state index contributed by atoms with van der Waals surface area (Å²) in [4.78, 5) is 33.4. The van der Waals surface area contributed by atoms with Crippen LogP contribution in [0.5, 0.6) is 5.88 Å². The maximum atomic E-state index is 14.0. The van der Waals surface area contributed by atoms with Gasteiger partial charge in [-0.2, -0.15) is 0 Å². The van der Waals surface area contributed by atoms with E-state index < -0.39 is 29.8 Å². The zero-order valence-corrected chi connectivity index (χ0v) is 21.6. The Hall–Kier alpha value is -3.71. The highest BCUT2D eigenvalue weighted by Crippen LogP contribution is 2.27. The number of rotatable bonds is 5. The van der Waals surface area contributed by atoms with E-state index in [0.717, 1.165) is 18.2 Å². The van der Waals surface area contributed by atoms with Crippen LogP contribution in [0.4, 0.5) is 19.3 Å². The normalized spacial score (nSPS) is 18.1. The molecular weight excluding hydrogens is 482 g/mol. The monoisotopic (exact) mass is 514 g/mol. The second kappa shape index (κ2) is 12.0. The second-order valence-electron chi connectivity index (χ2n) is 9.56. The largest absolute Gasteiger partial charge is 0.472 e. The van der Waals surface area contributed by atoms with Gasteiger partial charge in [0.05, 0.1) is 24.9 Å². The van der Waals surface area contributed by atoms with Gasteiger partial charge in [0.2, 0.25) is 5.88 Å². The Kier molecular flexibility index (Phi) is 9.05. The molecule has 198 valence electrons. The van der Waals surface area contributed by atoms with Crippen LogP contribution in [0, 0.1) is 35.3 Å². The highest BCUT2D eigenvalue weighted by molar-refractivity contribution is 5.97. The quantitative estimate of drug-likeness (QED) is 0.593. The highest BCUT2D eigenvalue weighted by atomic mass is 19.1. The molecule has 1 aromatic carbocycles. The van der Waals surface area contributed by atoms with Gasteiger partial charge < -0.3 is 25.0 Å². The van der Waals surface area contributed by atoms with Crippen molar-refractivity contribution in [1.29, 1.82) is 0 Å². The Balaban J connectivity index is 1.89. The lowest BCUT2D eigenvalue weighted by Crippen LogP contribution is -2.50. The third-order valence-electron chi connectivity index (χ3n) is 6.00. The van der Waals surface area contributed by atoms with Crippen LogP contribution in [0.15, 0.2) is 30.5 Å². The molecule has 0 fully saturated rings. The number of aromatic nitrogens is 1. The van der Waals surface area contributed by atoms with E-state index in [2.05, 4.69) is 22.1 Å². The molecule has 2 heterocycles. The number of pyridine rings is 1. The Morgan fingerprint density at radius 2 is 2.05 bits per heavy atom. The van der Waals surface area contributed by atoms with Crippen molar-refractivity contribution in [2.24, 2.45) is 11.8 Å². The van der Waals surface area contributed by atoms with Crippen molar-refractivity contribution in [3.05, 3.63) is 53.2 Å².